The van der Waals surface area contributed by atoms with E-state index in [9.17, 15) is 24.0 Å². The van der Waals surface area contributed by atoms with Crippen LogP contribution in [0.1, 0.15) is 74.4 Å². The van der Waals surface area contributed by atoms with Crippen LogP contribution >= 0.6 is 0 Å². The number of primary amides is 1. The average molecular weight is 455 g/mol. The fourth-order valence-corrected chi connectivity index (χ4v) is 3.82. The number of hydrogen-bond acceptors (Lipinski definition) is 7. The Morgan fingerprint density at radius 3 is 2.15 bits per heavy atom. The van der Waals surface area contributed by atoms with E-state index in [4.69, 9.17) is 14.9 Å². The summed E-state index contributed by atoms with van der Waals surface area (Å²) in [6.07, 6.45) is 0.472. The molecule has 3 rings (SSSR count). The van der Waals surface area contributed by atoms with Crippen molar-refractivity contribution >= 4 is 35.5 Å². The molecule has 0 saturated carbocycles. The number of imide groups is 1. The normalized spacial score (nSPS) is 14.6. The van der Waals surface area contributed by atoms with Crippen molar-refractivity contribution in [3.8, 4) is 0 Å². The van der Waals surface area contributed by atoms with E-state index >= 15 is 0 Å². The van der Waals surface area contributed by atoms with Crippen molar-refractivity contribution in [1.82, 2.24) is 4.90 Å². The predicted octanol–water partition coefficient (Wildman–Crippen LogP) is 2.51. The monoisotopic (exact) mass is 455 g/mol. The molecule has 174 valence electrons. The van der Waals surface area contributed by atoms with Crippen LogP contribution < -0.4 is 11.1 Å². The highest BCUT2D eigenvalue weighted by atomic mass is 16.5. The minimum absolute atomic E-state index is 0.0263. The summed E-state index contributed by atoms with van der Waals surface area (Å²) in [7, 11) is 0. The van der Waals surface area contributed by atoms with E-state index in [1.807, 2.05) is 6.92 Å². The van der Waals surface area contributed by atoms with Crippen LogP contribution in [0.3, 0.4) is 0 Å². The second kappa shape index (κ2) is 9.27. The van der Waals surface area contributed by atoms with Gasteiger partial charge < -0.3 is 14.9 Å². The Balaban J connectivity index is 2.00. The third kappa shape index (κ3) is 4.11. The fourth-order valence-electron chi connectivity index (χ4n) is 3.82. The lowest BCUT2D eigenvalue weighted by Gasteiger charge is -2.29. The number of anilines is 1. The van der Waals surface area contributed by atoms with Crippen LogP contribution in [0.25, 0.3) is 0 Å². The maximum atomic E-state index is 13.3. The smallest absolute Gasteiger partial charge is 0.342 e. The number of carbonyl (C=O) groups excluding carboxylic acids is 5. The van der Waals surface area contributed by atoms with Gasteiger partial charge in [0.25, 0.3) is 17.7 Å². The molecule has 2 aromatic rings. The Labute approximate surface area is 190 Å². The van der Waals surface area contributed by atoms with Crippen molar-refractivity contribution in [2.24, 2.45) is 11.7 Å². The first-order valence-electron chi connectivity index (χ1n) is 10.5. The van der Waals surface area contributed by atoms with Gasteiger partial charge in [-0.05, 0) is 31.9 Å². The molecular weight excluding hydrogens is 430 g/mol. The standard InChI is InChI=1S/C23H25N3O7/c1-5-11(3)17(26-21(29)13-9-7-8-10-14(13)22(26)30)19(28)25-20-16(18(24)27)15(12(4)33-20)23(31)32-6-2/h7-11,17H,5-6H2,1-4H3,(H2,24,27)(H,25,28). The third-order valence-electron chi connectivity index (χ3n) is 5.60. The average Bonchev–Trinajstić information content (AvgIpc) is 3.23. The van der Waals surface area contributed by atoms with Crippen LogP contribution in [0.5, 0.6) is 0 Å². The molecule has 1 aliphatic heterocycles. The van der Waals surface area contributed by atoms with E-state index < -0.39 is 41.6 Å². The lowest BCUT2D eigenvalue weighted by molar-refractivity contribution is -0.121. The molecule has 0 fully saturated rings. The van der Waals surface area contributed by atoms with E-state index in [-0.39, 0.29) is 40.5 Å². The van der Waals surface area contributed by atoms with Gasteiger partial charge in [0.05, 0.1) is 17.7 Å². The van der Waals surface area contributed by atoms with E-state index in [0.29, 0.717) is 6.42 Å². The van der Waals surface area contributed by atoms with Crippen LogP contribution in [-0.4, -0.2) is 47.1 Å². The van der Waals surface area contributed by atoms with Gasteiger partial charge in [0.2, 0.25) is 11.8 Å². The van der Waals surface area contributed by atoms with Gasteiger partial charge in [0.15, 0.2) is 0 Å². The molecule has 0 radical (unpaired) electrons. The van der Waals surface area contributed by atoms with E-state index in [0.717, 1.165) is 4.90 Å². The number of amides is 4. The maximum Gasteiger partial charge on any atom is 0.342 e. The molecular formula is C23H25N3O7. The zero-order valence-corrected chi connectivity index (χ0v) is 18.8. The zero-order chi connectivity index (χ0) is 24.4. The minimum Gasteiger partial charge on any atom is -0.462 e. The van der Waals surface area contributed by atoms with Gasteiger partial charge in [-0.25, -0.2) is 4.79 Å². The van der Waals surface area contributed by atoms with E-state index in [1.165, 1.54) is 19.1 Å². The molecule has 2 heterocycles. The lowest BCUT2D eigenvalue weighted by Crippen LogP contribution is -2.50. The van der Waals surface area contributed by atoms with Gasteiger partial charge in [-0.15, -0.1) is 0 Å². The highest BCUT2D eigenvalue weighted by Crippen LogP contribution is 2.31. The summed E-state index contributed by atoms with van der Waals surface area (Å²) in [5.41, 5.74) is 5.33. The molecule has 0 saturated heterocycles. The lowest BCUT2D eigenvalue weighted by atomic mass is 9.96. The highest BCUT2D eigenvalue weighted by molar-refractivity contribution is 6.23. The van der Waals surface area contributed by atoms with Gasteiger partial charge in [-0.3, -0.25) is 29.4 Å². The summed E-state index contributed by atoms with van der Waals surface area (Å²) in [6, 6.07) is 5.11. The van der Waals surface area contributed by atoms with Crippen LogP contribution in [0.4, 0.5) is 5.88 Å². The molecule has 33 heavy (non-hydrogen) atoms. The molecule has 10 heteroatoms. The van der Waals surface area contributed by atoms with Crippen molar-refractivity contribution in [3.63, 3.8) is 0 Å². The topological polar surface area (TPSA) is 149 Å². The molecule has 0 aliphatic carbocycles. The van der Waals surface area contributed by atoms with Gasteiger partial charge in [0.1, 0.15) is 22.9 Å². The van der Waals surface area contributed by atoms with E-state index in [1.54, 1.807) is 26.0 Å². The summed E-state index contributed by atoms with van der Waals surface area (Å²) in [6.45, 7) is 6.61. The second-order valence-corrected chi connectivity index (χ2v) is 7.67. The Morgan fingerprint density at radius 2 is 1.67 bits per heavy atom. The molecule has 1 aliphatic rings. The molecule has 2 unspecified atom stereocenters. The molecule has 4 amide bonds. The first kappa shape index (κ1) is 23.7. The first-order chi connectivity index (χ1) is 15.6. The number of aryl methyl sites for hydroxylation is 1. The Bertz CT molecular complexity index is 1120. The van der Waals surface area contributed by atoms with Crippen LogP contribution in [0.2, 0.25) is 0 Å². The van der Waals surface area contributed by atoms with Crippen LogP contribution in [-0.2, 0) is 9.53 Å². The van der Waals surface area contributed by atoms with Crippen molar-refractivity contribution in [2.45, 2.75) is 40.2 Å². The fraction of sp³-hybridized carbons (Fsp3) is 0.348. The highest BCUT2D eigenvalue weighted by Gasteiger charge is 2.45. The Hall–Kier alpha value is -3.95. The van der Waals surface area contributed by atoms with Crippen molar-refractivity contribution in [1.29, 1.82) is 0 Å². The second-order valence-electron chi connectivity index (χ2n) is 7.67. The number of nitrogens with one attached hydrogen (secondary N) is 1. The number of rotatable bonds is 8. The number of ether oxygens (including phenoxy) is 1. The number of fused-ring (bicyclic) bond motifs is 1. The molecule has 0 bridgehead atoms. The number of carbonyl (C=O) groups is 5. The number of furan rings is 1. The van der Waals surface area contributed by atoms with Crippen molar-refractivity contribution in [3.05, 3.63) is 52.3 Å². The molecule has 0 spiro atoms. The maximum absolute atomic E-state index is 13.3. The van der Waals surface area contributed by atoms with Crippen molar-refractivity contribution < 1.29 is 33.1 Å². The van der Waals surface area contributed by atoms with Crippen LogP contribution in [0.15, 0.2) is 28.7 Å². The van der Waals surface area contributed by atoms with Gasteiger partial charge >= 0.3 is 5.97 Å². The summed E-state index contributed by atoms with van der Waals surface area (Å²) >= 11 is 0. The number of nitrogens with two attached hydrogens (primary N) is 1. The summed E-state index contributed by atoms with van der Waals surface area (Å²) in [5, 5.41) is 2.45. The number of hydrogen-bond donors (Lipinski definition) is 2. The molecule has 1 aromatic heterocycles. The Kier molecular flexibility index (Phi) is 6.66. The predicted molar refractivity (Wildman–Crippen MR) is 117 cm³/mol. The van der Waals surface area contributed by atoms with Gasteiger partial charge in [-0.2, -0.15) is 0 Å². The molecule has 2 atom stereocenters. The zero-order valence-electron chi connectivity index (χ0n) is 18.8. The summed E-state index contributed by atoms with van der Waals surface area (Å²) in [5.74, 6) is -4.52. The number of esters is 1. The number of benzene rings is 1. The summed E-state index contributed by atoms with van der Waals surface area (Å²) in [4.78, 5) is 64.6. The first-order valence-corrected chi connectivity index (χ1v) is 10.5. The van der Waals surface area contributed by atoms with Crippen LogP contribution in [0, 0.1) is 12.8 Å². The van der Waals surface area contributed by atoms with E-state index in [2.05, 4.69) is 5.32 Å². The van der Waals surface area contributed by atoms with Gasteiger partial charge in [0, 0.05) is 0 Å². The minimum atomic E-state index is -1.19. The third-order valence-corrected chi connectivity index (χ3v) is 5.60. The summed E-state index contributed by atoms with van der Waals surface area (Å²) < 4.78 is 10.4. The SMILES string of the molecule is CCOC(=O)c1c(C)oc(NC(=O)C(C(C)CC)N2C(=O)c3ccccc3C2=O)c1C(N)=O. The largest absolute Gasteiger partial charge is 0.462 e. The quantitative estimate of drug-likeness (QED) is 0.459. The molecule has 1 aromatic carbocycles. The number of nitrogens with zero attached hydrogens (tertiary/aromatic N) is 1. The van der Waals surface area contributed by atoms with Gasteiger partial charge in [-0.1, -0.05) is 32.4 Å². The van der Waals surface area contributed by atoms with Crippen molar-refractivity contribution in [2.75, 3.05) is 11.9 Å². The molecule has 10 nitrogen and oxygen atoms in total. The molecule has 3 N–H and O–H groups in total. The Morgan fingerprint density at radius 1 is 1.09 bits per heavy atom.